The summed E-state index contributed by atoms with van der Waals surface area (Å²) in [5.41, 5.74) is 0. The van der Waals surface area contributed by atoms with Crippen molar-refractivity contribution in [2.24, 2.45) is 11.8 Å². The lowest BCUT2D eigenvalue weighted by molar-refractivity contribution is -0.211. The van der Waals surface area contributed by atoms with Crippen LogP contribution in [0.15, 0.2) is 0 Å². The highest BCUT2D eigenvalue weighted by Crippen LogP contribution is 2.33. The summed E-state index contributed by atoms with van der Waals surface area (Å²) >= 11 is 0. The molecule has 0 radical (unpaired) electrons. The minimum Gasteiger partial charge on any atom is -0.392 e. The van der Waals surface area contributed by atoms with Crippen LogP contribution in [0.1, 0.15) is 53.4 Å². The van der Waals surface area contributed by atoms with Crippen LogP contribution in [0.3, 0.4) is 0 Å². The van der Waals surface area contributed by atoms with Gasteiger partial charge in [0.05, 0.1) is 6.10 Å². The first-order valence-corrected chi connectivity index (χ1v) is 7.70. The molecule has 0 heterocycles. The van der Waals surface area contributed by atoms with Gasteiger partial charge in [0.15, 0.2) is 5.92 Å². The van der Waals surface area contributed by atoms with Crippen LogP contribution in [-0.2, 0) is 4.79 Å². The number of hydrogen-bond donors (Lipinski definition) is 1. The minimum absolute atomic E-state index is 0.312. The predicted molar refractivity (Wildman–Crippen MR) is 76.8 cm³/mol. The largest absolute Gasteiger partial charge is 0.403 e. The van der Waals surface area contributed by atoms with E-state index in [2.05, 4.69) is 0 Å². The van der Waals surface area contributed by atoms with E-state index in [9.17, 15) is 23.1 Å². The second kappa shape index (κ2) is 9.28. The van der Waals surface area contributed by atoms with Crippen molar-refractivity contribution in [1.82, 2.24) is 4.90 Å². The Hall–Kier alpha value is -0.780. The molecule has 0 aromatic carbocycles. The SMILES string of the molecule is CCCCN(CCCC)C(=O)[C@H]([C@H](O)C(C)C)C(F)(F)F. The lowest BCUT2D eigenvalue weighted by atomic mass is 9.91. The Morgan fingerprint density at radius 1 is 1.10 bits per heavy atom. The molecule has 0 saturated carbocycles. The molecule has 1 amide bonds. The van der Waals surface area contributed by atoms with Gasteiger partial charge in [0.2, 0.25) is 5.91 Å². The number of hydrogen-bond acceptors (Lipinski definition) is 2. The zero-order valence-electron chi connectivity index (χ0n) is 13.4. The van der Waals surface area contributed by atoms with Crippen molar-refractivity contribution >= 4 is 5.91 Å². The van der Waals surface area contributed by atoms with Gasteiger partial charge in [-0.25, -0.2) is 0 Å². The molecule has 0 unspecified atom stereocenters. The maximum absolute atomic E-state index is 13.2. The van der Waals surface area contributed by atoms with Crippen LogP contribution in [0.5, 0.6) is 0 Å². The molecule has 0 saturated heterocycles. The number of unbranched alkanes of at least 4 members (excludes halogenated alkanes) is 2. The highest BCUT2D eigenvalue weighted by atomic mass is 19.4. The van der Waals surface area contributed by atoms with Crippen molar-refractivity contribution in [3.63, 3.8) is 0 Å². The average molecular weight is 311 g/mol. The van der Waals surface area contributed by atoms with E-state index in [1.165, 1.54) is 18.7 Å². The number of aliphatic hydroxyl groups is 1. The molecular formula is C15H28F3NO2. The van der Waals surface area contributed by atoms with Crippen molar-refractivity contribution < 1.29 is 23.1 Å². The van der Waals surface area contributed by atoms with Crippen LogP contribution in [0.2, 0.25) is 0 Å². The standard InChI is InChI=1S/C15H28F3NO2/c1-5-7-9-19(10-8-6-2)14(21)12(15(16,17)18)13(20)11(3)4/h11-13,20H,5-10H2,1-4H3/t12-,13+/m0/s1. The van der Waals surface area contributed by atoms with Gasteiger partial charge in [0.1, 0.15) is 0 Å². The monoisotopic (exact) mass is 311 g/mol. The molecule has 0 spiro atoms. The maximum Gasteiger partial charge on any atom is 0.403 e. The minimum atomic E-state index is -4.72. The fourth-order valence-corrected chi connectivity index (χ4v) is 2.09. The molecular weight excluding hydrogens is 283 g/mol. The Balaban J connectivity index is 5.18. The van der Waals surface area contributed by atoms with Crippen molar-refractivity contribution in [2.45, 2.75) is 65.7 Å². The van der Waals surface area contributed by atoms with Crippen molar-refractivity contribution in [1.29, 1.82) is 0 Å². The van der Waals surface area contributed by atoms with E-state index in [1.807, 2.05) is 13.8 Å². The average Bonchev–Trinajstić information content (AvgIpc) is 2.37. The third-order valence-electron chi connectivity index (χ3n) is 3.52. The summed E-state index contributed by atoms with van der Waals surface area (Å²) in [5, 5.41) is 9.82. The van der Waals surface area contributed by atoms with Crippen LogP contribution < -0.4 is 0 Å². The second-order valence-electron chi connectivity index (χ2n) is 5.79. The lowest BCUT2D eigenvalue weighted by Gasteiger charge is -2.32. The number of rotatable bonds is 9. The summed E-state index contributed by atoms with van der Waals surface area (Å²) in [7, 11) is 0. The van der Waals surface area contributed by atoms with E-state index in [0.717, 1.165) is 12.8 Å². The molecule has 1 N–H and O–H groups in total. The van der Waals surface area contributed by atoms with E-state index in [-0.39, 0.29) is 0 Å². The van der Waals surface area contributed by atoms with Gasteiger partial charge in [-0.1, -0.05) is 40.5 Å². The number of alkyl halides is 3. The van der Waals surface area contributed by atoms with Gasteiger partial charge >= 0.3 is 6.18 Å². The number of carbonyl (C=O) groups is 1. The van der Waals surface area contributed by atoms with E-state index >= 15 is 0 Å². The molecule has 6 heteroatoms. The van der Waals surface area contributed by atoms with Gasteiger partial charge in [0.25, 0.3) is 0 Å². The topological polar surface area (TPSA) is 40.5 Å². The lowest BCUT2D eigenvalue weighted by Crippen LogP contribution is -2.50. The fourth-order valence-electron chi connectivity index (χ4n) is 2.09. The van der Waals surface area contributed by atoms with Crippen LogP contribution >= 0.6 is 0 Å². The Bertz CT molecular complexity index is 298. The van der Waals surface area contributed by atoms with Crippen molar-refractivity contribution in [3.8, 4) is 0 Å². The summed E-state index contributed by atoms with van der Waals surface area (Å²) < 4.78 is 39.5. The zero-order chi connectivity index (χ0) is 16.6. The molecule has 0 aliphatic heterocycles. The first kappa shape index (κ1) is 20.2. The van der Waals surface area contributed by atoms with Crippen LogP contribution in [-0.4, -0.2) is 41.3 Å². The van der Waals surface area contributed by atoms with Gasteiger partial charge in [-0.15, -0.1) is 0 Å². The number of halogens is 3. The highest BCUT2D eigenvalue weighted by Gasteiger charge is 2.51. The summed E-state index contributed by atoms with van der Waals surface area (Å²) in [6.07, 6.45) is -3.49. The Labute approximate surface area is 125 Å². The molecule has 0 aromatic heterocycles. The second-order valence-corrected chi connectivity index (χ2v) is 5.79. The molecule has 21 heavy (non-hydrogen) atoms. The third kappa shape index (κ3) is 6.68. The van der Waals surface area contributed by atoms with Gasteiger partial charge in [-0.05, 0) is 18.8 Å². The summed E-state index contributed by atoms with van der Waals surface area (Å²) in [6.45, 7) is 7.44. The van der Waals surface area contributed by atoms with E-state index in [4.69, 9.17) is 0 Å². The van der Waals surface area contributed by atoms with E-state index in [1.54, 1.807) is 0 Å². The molecule has 0 aliphatic rings. The van der Waals surface area contributed by atoms with Gasteiger partial charge in [-0.2, -0.15) is 13.2 Å². The molecule has 0 fully saturated rings. The molecule has 126 valence electrons. The normalized spacial score (nSPS) is 15.1. The number of aliphatic hydroxyl groups excluding tert-OH is 1. The molecule has 2 atom stereocenters. The van der Waals surface area contributed by atoms with E-state index in [0.29, 0.717) is 25.9 Å². The molecule has 0 bridgehead atoms. The Morgan fingerprint density at radius 2 is 1.52 bits per heavy atom. The molecule has 0 rings (SSSR count). The first-order valence-electron chi connectivity index (χ1n) is 7.70. The number of nitrogens with zero attached hydrogens (tertiary/aromatic N) is 1. The zero-order valence-corrected chi connectivity index (χ0v) is 13.4. The summed E-state index contributed by atoms with van der Waals surface area (Å²) in [4.78, 5) is 13.6. The summed E-state index contributed by atoms with van der Waals surface area (Å²) in [5.74, 6) is -3.95. The highest BCUT2D eigenvalue weighted by molar-refractivity contribution is 5.80. The predicted octanol–water partition coefficient (Wildman–Crippen LogP) is 3.61. The number of amides is 1. The molecule has 0 aromatic rings. The van der Waals surface area contributed by atoms with Gasteiger partial charge in [0, 0.05) is 13.1 Å². The van der Waals surface area contributed by atoms with Crippen LogP contribution in [0.4, 0.5) is 13.2 Å². The number of carbonyl (C=O) groups excluding carboxylic acids is 1. The quantitative estimate of drug-likeness (QED) is 0.706. The smallest absolute Gasteiger partial charge is 0.392 e. The molecule has 0 aliphatic carbocycles. The van der Waals surface area contributed by atoms with Crippen molar-refractivity contribution in [2.75, 3.05) is 13.1 Å². The summed E-state index contributed by atoms with van der Waals surface area (Å²) in [6, 6.07) is 0. The van der Waals surface area contributed by atoms with Crippen molar-refractivity contribution in [3.05, 3.63) is 0 Å². The Kier molecular flexibility index (Phi) is 8.94. The van der Waals surface area contributed by atoms with E-state index < -0.39 is 30.0 Å². The maximum atomic E-state index is 13.2. The Morgan fingerprint density at radius 3 is 1.81 bits per heavy atom. The van der Waals surface area contributed by atoms with Crippen LogP contribution in [0, 0.1) is 11.8 Å². The first-order chi connectivity index (χ1) is 9.66. The van der Waals surface area contributed by atoms with Gasteiger partial charge in [-0.3, -0.25) is 4.79 Å². The third-order valence-corrected chi connectivity index (χ3v) is 3.52. The molecule has 3 nitrogen and oxygen atoms in total. The van der Waals surface area contributed by atoms with Crippen LogP contribution in [0.25, 0.3) is 0 Å². The van der Waals surface area contributed by atoms with Gasteiger partial charge < -0.3 is 10.0 Å². The fraction of sp³-hybridized carbons (Fsp3) is 0.933.